The van der Waals surface area contributed by atoms with Crippen LogP contribution >= 0.6 is 0 Å². The minimum absolute atomic E-state index is 0.0721. The zero-order valence-corrected chi connectivity index (χ0v) is 18.1. The fourth-order valence-corrected chi connectivity index (χ4v) is 4.02. The highest BCUT2D eigenvalue weighted by Crippen LogP contribution is 2.33. The Kier molecular flexibility index (Phi) is 5.93. The Morgan fingerprint density at radius 2 is 1.97 bits per heavy atom. The van der Waals surface area contributed by atoms with Gasteiger partial charge in [-0.25, -0.2) is 4.98 Å². The quantitative estimate of drug-likeness (QED) is 0.608. The molecule has 2 aromatic carbocycles. The molecule has 1 saturated heterocycles. The van der Waals surface area contributed by atoms with Crippen LogP contribution in [0.15, 0.2) is 48.5 Å². The lowest BCUT2D eigenvalue weighted by Gasteiger charge is -2.23. The van der Waals surface area contributed by atoms with Gasteiger partial charge < -0.3 is 19.9 Å². The van der Waals surface area contributed by atoms with Crippen LogP contribution in [0.4, 0.5) is 5.69 Å². The third-order valence-electron chi connectivity index (χ3n) is 5.62. The van der Waals surface area contributed by atoms with Crippen LogP contribution in [-0.4, -0.2) is 34.9 Å². The van der Waals surface area contributed by atoms with Crippen LogP contribution in [0.1, 0.15) is 39.1 Å². The number of carbonyl (C=O) groups is 2. The van der Waals surface area contributed by atoms with Crippen molar-refractivity contribution in [3.05, 3.63) is 54.4 Å². The van der Waals surface area contributed by atoms with Crippen LogP contribution in [0, 0.1) is 11.8 Å². The molecular formula is C24H28N4O3. The van der Waals surface area contributed by atoms with Crippen molar-refractivity contribution in [1.29, 1.82) is 0 Å². The monoisotopic (exact) mass is 420 g/mol. The zero-order chi connectivity index (χ0) is 22.0. The summed E-state index contributed by atoms with van der Waals surface area (Å²) in [5.74, 6) is 0.888. The largest absolute Gasteiger partial charge is 0.492 e. The van der Waals surface area contributed by atoms with Crippen LogP contribution in [0.5, 0.6) is 5.75 Å². The predicted octanol–water partition coefficient (Wildman–Crippen LogP) is 3.83. The van der Waals surface area contributed by atoms with Crippen molar-refractivity contribution in [2.75, 3.05) is 18.1 Å². The molecule has 162 valence electrons. The lowest BCUT2D eigenvalue weighted by atomic mass is 10.0. The van der Waals surface area contributed by atoms with Gasteiger partial charge in [0.05, 0.1) is 35.3 Å². The third-order valence-corrected chi connectivity index (χ3v) is 5.62. The van der Waals surface area contributed by atoms with Crippen molar-refractivity contribution in [2.24, 2.45) is 11.8 Å². The highest BCUT2D eigenvalue weighted by atomic mass is 16.5. The number of H-pyrrole nitrogens is 1. The van der Waals surface area contributed by atoms with Gasteiger partial charge in [0.25, 0.3) is 0 Å². The number of rotatable bonds is 7. The molecule has 0 radical (unpaired) electrons. The molecule has 2 amide bonds. The molecule has 31 heavy (non-hydrogen) atoms. The molecule has 2 atom stereocenters. The normalized spacial score (nSPS) is 17.4. The fourth-order valence-electron chi connectivity index (χ4n) is 4.02. The number of nitrogens with zero attached hydrogens (tertiary/aromatic N) is 2. The molecule has 2 heterocycles. The first-order valence-corrected chi connectivity index (χ1v) is 10.7. The number of hydrogen-bond acceptors (Lipinski definition) is 4. The van der Waals surface area contributed by atoms with E-state index in [2.05, 4.69) is 15.3 Å². The summed E-state index contributed by atoms with van der Waals surface area (Å²) in [6, 6.07) is 15.0. The number of aromatic amines is 1. The van der Waals surface area contributed by atoms with Crippen LogP contribution < -0.4 is 15.0 Å². The van der Waals surface area contributed by atoms with E-state index < -0.39 is 5.92 Å². The molecule has 4 rings (SSSR count). The number of para-hydroxylation sites is 4. The standard InChI is InChI=1S/C24H28N4O3/c1-4-31-20-12-8-7-11-19(20)28-14-16(13-21(28)29)24(30)27-22(15(2)3)23-25-17-9-5-6-10-18(17)26-23/h5-12,15-16,22H,4,13-14H2,1-3H3,(H,25,26)(H,27,30)/t16-,22-/m0/s1. The summed E-state index contributed by atoms with van der Waals surface area (Å²) in [4.78, 5) is 35.5. The van der Waals surface area contributed by atoms with Crippen molar-refractivity contribution < 1.29 is 14.3 Å². The van der Waals surface area contributed by atoms with Crippen molar-refractivity contribution in [2.45, 2.75) is 33.2 Å². The number of fused-ring (bicyclic) bond motifs is 1. The first-order chi connectivity index (χ1) is 15.0. The lowest BCUT2D eigenvalue weighted by Crippen LogP contribution is -2.38. The Morgan fingerprint density at radius 3 is 2.71 bits per heavy atom. The molecule has 3 aromatic rings. The van der Waals surface area contributed by atoms with E-state index in [1.807, 2.05) is 69.3 Å². The molecule has 7 nitrogen and oxygen atoms in total. The first-order valence-electron chi connectivity index (χ1n) is 10.7. The summed E-state index contributed by atoms with van der Waals surface area (Å²) in [7, 11) is 0. The molecule has 1 fully saturated rings. The van der Waals surface area contributed by atoms with Gasteiger partial charge in [-0.15, -0.1) is 0 Å². The molecule has 7 heteroatoms. The van der Waals surface area contributed by atoms with E-state index in [0.29, 0.717) is 24.6 Å². The van der Waals surface area contributed by atoms with Gasteiger partial charge in [-0.2, -0.15) is 0 Å². The molecular weight excluding hydrogens is 392 g/mol. The van der Waals surface area contributed by atoms with Gasteiger partial charge in [-0.3, -0.25) is 9.59 Å². The van der Waals surface area contributed by atoms with Crippen LogP contribution in [0.2, 0.25) is 0 Å². The van der Waals surface area contributed by atoms with Crippen molar-refractivity contribution in [3.63, 3.8) is 0 Å². The zero-order valence-electron chi connectivity index (χ0n) is 18.1. The molecule has 1 aliphatic heterocycles. The molecule has 0 unspecified atom stereocenters. The van der Waals surface area contributed by atoms with Crippen molar-refractivity contribution >= 4 is 28.5 Å². The Hall–Kier alpha value is -3.35. The fraction of sp³-hybridized carbons (Fsp3) is 0.375. The van der Waals surface area contributed by atoms with E-state index in [9.17, 15) is 9.59 Å². The van der Waals surface area contributed by atoms with Crippen LogP contribution in [-0.2, 0) is 9.59 Å². The van der Waals surface area contributed by atoms with Gasteiger partial charge >= 0.3 is 0 Å². The Bertz CT molecular complexity index is 1060. The maximum absolute atomic E-state index is 13.1. The van der Waals surface area contributed by atoms with Crippen molar-refractivity contribution in [1.82, 2.24) is 15.3 Å². The molecule has 0 aliphatic carbocycles. The van der Waals surface area contributed by atoms with E-state index in [4.69, 9.17) is 4.74 Å². The summed E-state index contributed by atoms with van der Waals surface area (Å²) in [5, 5.41) is 3.13. The van der Waals surface area contributed by atoms with Crippen molar-refractivity contribution in [3.8, 4) is 5.75 Å². The lowest BCUT2D eigenvalue weighted by molar-refractivity contribution is -0.127. The summed E-state index contributed by atoms with van der Waals surface area (Å²) < 4.78 is 5.67. The van der Waals surface area contributed by atoms with E-state index in [-0.39, 0.29) is 30.2 Å². The van der Waals surface area contributed by atoms with E-state index in [1.54, 1.807) is 4.90 Å². The van der Waals surface area contributed by atoms with E-state index >= 15 is 0 Å². The van der Waals surface area contributed by atoms with Gasteiger partial charge in [-0.05, 0) is 37.1 Å². The average Bonchev–Trinajstić information content (AvgIpc) is 3.35. The van der Waals surface area contributed by atoms with Gasteiger partial charge in [0, 0.05) is 13.0 Å². The minimum atomic E-state index is -0.423. The number of carbonyl (C=O) groups excluding carboxylic acids is 2. The highest BCUT2D eigenvalue weighted by Gasteiger charge is 2.37. The average molecular weight is 421 g/mol. The first kappa shape index (κ1) is 20.9. The van der Waals surface area contributed by atoms with Crippen LogP contribution in [0.3, 0.4) is 0 Å². The van der Waals surface area contributed by atoms with Gasteiger partial charge in [-0.1, -0.05) is 38.1 Å². The number of imidazole rings is 1. The Labute approximate surface area is 181 Å². The number of benzene rings is 2. The van der Waals surface area contributed by atoms with E-state index in [1.165, 1.54) is 0 Å². The summed E-state index contributed by atoms with van der Waals surface area (Å²) >= 11 is 0. The predicted molar refractivity (Wildman–Crippen MR) is 120 cm³/mol. The van der Waals surface area contributed by atoms with Crippen LogP contribution in [0.25, 0.3) is 11.0 Å². The Balaban J connectivity index is 1.51. The summed E-state index contributed by atoms with van der Waals surface area (Å²) in [5.41, 5.74) is 2.52. The molecule has 0 spiro atoms. The van der Waals surface area contributed by atoms with Gasteiger partial charge in [0.15, 0.2) is 0 Å². The summed E-state index contributed by atoms with van der Waals surface area (Å²) in [6.07, 6.45) is 0.178. The number of anilines is 1. The maximum Gasteiger partial charge on any atom is 0.227 e. The minimum Gasteiger partial charge on any atom is -0.492 e. The third kappa shape index (κ3) is 4.26. The Morgan fingerprint density at radius 1 is 1.23 bits per heavy atom. The number of hydrogen-bond donors (Lipinski definition) is 2. The second-order valence-corrected chi connectivity index (χ2v) is 8.18. The number of nitrogens with one attached hydrogen (secondary N) is 2. The van der Waals surface area contributed by atoms with Gasteiger partial charge in [0.2, 0.25) is 11.8 Å². The van der Waals surface area contributed by atoms with Gasteiger partial charge in [0.1, 0.15) is 11.6 Å². The molecule has 2 N–H and O–H groups in total. The second kappa shape index (κ2) is 8.79. The number of ether oxygens (including phenoxy) is 1. The number of aromatic nitrogens is 2. The summed E-state index contributed by atoms with van der Waals surface area (Å²) in [6.45, 7) is 6.84. The maximum atomic E-state index is 13.1. The number of amides is 2. The topological polar surface area (TPSA) is 87.3 Å². The second-order valence-electron chi connectivity index (χ2n) is 8.18. The SMILES string of the molecule is CCOc1ccccc1N1C[C@@H](C(=O)N[C@H](c2nc3ccccc3[nH]2)C(C)C)CC1=O. The van der Waals surface area contributed by atoms with E-state index in [0.717, 1.165) is 16.9 Å². The molecule has 1 aliphatic rings. The molecule has 1 aromatic heterocycles. The molecule has 0 bridgehead atoms. The highest BCUT2D eigenvalue weighted by molar-refractivity contribution is 6.01. The smallest absolute Gasteiger partial charge is 0.227 e. The molecule has 0 saturated carbocycles.